The van der Waals surface area contributed by atoms with Gasteiger partial charge in [0.05, 0.1) is 0 Å². The van der Waals surface area contributed by atoms with Crippen molar-refractivity contribution in [3.63, 3.8) is 0 Å². The van der Waals surface area contributed by atoms with E-state index >= 15 is 0 Å². The van der Waals surface area contributed by atoms with Gasteiger partial charge >= 0.3 is 0 Å². The van der Waals surface area contributed by atoms with E-state index < -0.39 is 0 Å². The second-order valence-electron chi connectivity index (χ2n) is 0.809. The summed E-state index contributed by atoms with van der Waals surface area (Å²) in [4.78, 5) is 0. The lowest BCUT2D eigenvalue weighted by atomic mass is 10.8. The second-order valence-corrected chi connectivity index (χ2v) is 0.809. The molecule has 0 aliphatic carbocycles. The highest BCUT2D eigenvalue weighted by molar-refractivity contribution is 5.87. The molecule has 0 amide bonds. The molecule has 22 valence electrons. The van der Waals surface area contributed by atoms with Crippen LogP contribution in [0, 0.1) is 0 Å². The van der Waals surface area contributed by atoms with E-state index in [2.05, 4.69) is 10.5 Å². The van der Waals surface area contributed by atoms with E-state index in [1.807, 2.05) is 6.92 Å². The van der Waals surface area contributed by atoms with Crippen molar-refractivity contribution < 1.29 is 0 Å². The molecule has 0 aromatic carbocycles. The van der Waals surface area contributed by atoms with Crippen molar-refractivity contribution in [2.45, 2.75) is 6.92 Å². The first kappa shape index (κ1) is 1.76. The lowest BCUT2D eigenvalue weighted by Crippen LogP contribution is -1.78. The maximum absolute atomic E-state index is 3.57. The Balaban J connectivity index is 2.54. The highest BCUT2D eigenvalue weighted by Crippen LogP contribution is 1.77. The van der Waals surface area contributed by atoms with Crippen LogP contribution in [0.4, 0.5) is 0 Å². The average molecular weight is 56.1 g/mol. The van der Waals surface area contributed by atoms with Crippen LogP contribution in [0.2, 0.25) is 0 Å². The van der Waals surface area contributed by atoms with Gasteiger partial charge in [-0.1, -0.05) is 0 Å². The zero-order valence-electron chi connectivity index (χ0n) is 2.45. The summed E-state index contributed by atoms with van der Waals surface area (Å²) in [6.45, 7) is 1.92. The van der Waals surface area contributed by atoms with E-state index in [-0.39, 0.29) is 0 Å². The first-order valence-electron chi connectivity index (χ1n) is 1.20. The molecule has 1 N–H and O–H groups in total. The molecule has 0 bridgehead atoms. The van der Waals surface area contributed by atoms with Gasteiger partial charge < -0.3 is 0 Å². The van der Waals surface area contributed by atoms with Gasteiger partial charge in [-0.2, -0.15) is 5.10 Å². The van der Waals surface area contributed by atoms with Gasteiger partial charge in [0, 0.05) is 0 Å². The maximum atomic E-state index is 3.57. The summed E-state index contributed by atoms with van der Waals surface area (Å²) in [6, 6.07) is 0. The van der Waals surface area contributed by atoms with Gasteiger partial charge in [0.2, 0.25) is 0 Å². The van der Waals surface area contributed by atoms with Crippen LogP contribution in [-0.4, -0.2) is 5.84 Å². The van der Waals surface area contributed by atoms with E-state index in [0.717, 1.165) is 5.84 Å². The number of hydrazone groups is 1. The maximum Gasteiger partial charge on any atom is 0.139 e. The van der Waals surface area contributed by atoms with Crippen LogP contribution in [0.25, 0.3) is 0 Å². The predicted octanol–water partition coefficient (Wildman–Crippen LogP) is -0.0770. The summed E-state index contributed by atoms with van der Waals surface area (Å²) in [5, 5.41) is 3.57. The van der Waals surface area contributed by atoms with Gasteiger partial charge in [0.15, 0.2) is 0 Å². The summed E-state index contributed by atoms with van der Waals surface area (Å²) < 4.78 is 0. The van der Waals surface area contributed by atoms with Gasteiger partial charge in [-0.15, -0.1) is 0 Å². The molecule has 1 aliphatic rings. The molecule has 0 aromatic rings. The first-order chi connectivity index (χ1) is 1.89. The molecule has 0 aromatic heterocycles. The van der Waals surface area contributed by atoms with E-state index in [0.29, 0.717) is 0 Å². The summed E-state index contributed by atoms with van der Waals surface area (Å²) in [6.07, 6.45) is 0. The molecule has 1 aliphatic heterocycles. The minimum absolute atomic E-state index is 1.04. The Morgan fingerprint density at radius 1 is 2.00 bits per heavy atom. The quantitative estimate of drug-likeness (QED) is 0.414. The zero-order chi connectivity index (χ0) is 2.99. The van der Waals surface area contributed by atoms with E-state index in [4.69, 9.17) is 0 Å². The van der Waals surface area contributed by atoms with Crippen molar-refractivity contribution in [2.24, 2.45) is 5.10 Å². The Morgan fingerprint density at radius 3 is 2.25 bits per heavy atom. The fourth-order valence-corrected chi connectivity index (χ4v) is 0.0559. The van der Waals surface area contributed by atoms with Gasteiger partial charge in [0.1, 0.15) is 5.84 Å². The summed E-state index contributed by atoms with van der Waals surface area (Å²) >= 11 is 0. The number of rotatable bonds is 0. The molecule has 0 fully saturated rings. The largest absolute Gasteiger partial charge is 0.262 e. The molecule has 0 radical (unpaired) electrons. The number of amidine groups is 1. The van der Waals surface area contributed by atoms with Crippen molar-refractivity contribution >= 4 is 5.84 Å². The summed E-state index contributed by atoms with van der Waals surface area (Å²) in [5.41, 5.74) is 2.64. The van der Waals surface area contributed by atoms with Crippen LogP contribution in [0.15, 0.2) is 5.10 Å². The summed E-state index contributed by atoms with van der Waals surface area (Å²) in [7, 11) is 0. The third-order valence-electron chi connectivity index (χ3n) is 0.335. The monoisotopic (exact) mass is 56.0 g/mol. The third kappa shape index (κ3) is 0.0532. The zero-order valence-corrected chi connectivity index (χ0v) is 2.45. The molecule has 0 spiro atoms. The van der Waals surface area contributed by atoms with Crippen LogP contribution in [-0.2, 0) is 0 Å². The Bertz CT molecular complexity index is 55.1. The topological polar surface area (TPSA) is 34.3 Å². The van der Waals surface area contributed by atoms with Crippen molar-refractivity contribution in [3.8, 4) is 0 Å². The highest BCUT2D eigenvalue weighted by Gasteiger charge is 1.94. The van der Waals surface area contributed by atoms with Crippen molar-refractivity contribution in [3.05, 3.63) is 0 Å². The van der Waals surface area contributed by atoms with Gasteiger partial charge in [-0.05, 0) is 6.92 Å². The molecule has 2 heteroatoms. The predicted molar refractivity (Wildman–Crippen MR) is 16.2 cm³/mol. The van der Waals surface area contributed by atoms with Gasteiger partial charge in [0.25, 0.3) is 0 Å². The number of hydrogen-bond donors (Lipinski definition) is 1. The van der Waals surface area contributed by atoms with Crippen LogP contribution in [0.1, 0.15) is 6.92 Å². The number of nitrogens with one attached hydrogen (secondary N) is 1. The molecule has 0 atom stereocenters. The average Bonchev–Trinajstić information content (AvgIpc) is 1.75. The Labute approximate surface area is 24.5 Å². The fourth-order valence-electron chi connectivity index (χ4n) is 0.0559. The molecular weight excluding hydrogens is 52.0 g/mol. The lowest BCUT2D eigenvalue weighted by Gasteiger charge is -1.44. The summed E-state index contributed by atoms with van der Waals surface area (Å²) in [5.74, 6) is 1.04. The Kier molecular flexibility index (Phi) is 0.117. The van der Waals surface area contributed by atoms with Crippen LogP contribution < -0.4 is 5.43 Å². The molecule has 1 heterocycles. The molecule has 1 rings (SSSR count). The minimum Gasteiger partial charge on any atom is -0.262 e. The third-order valence-corrected chi connectivity index (χ3v) is 0.335. The number of hydrogen-bond acceptors (Lipinski definition) is 2. The molecule has 0 saturated heterocycles. The molecule has 0 unspecified atom stereocenters. The smallest absolute Gasteiger partial charge is 0.139 e. The van der Waals surface area contributed by atoms with Gasteiger partial charge in [-0.25, -0.2) is 0 Å². The van der Waals surface area contributed by atoms with Crippen molar-refractivity contribution in [1.82, 2.24) is 5.43 Å². The lowest BCUT2D eigenvalue weighted by molar-refractivity contribution is 1.26. The second kappa shape index (κ2) is 0.267. The van der Waals surface area contributed by atoms with E-state index in [1.165, 1.54) is 0 Å². The van der Waals surface area contributed by atoms with E-state index in [1.54, 1.807) is 0 Å². The minimum atomic E-state index is 1.04. The van der Waals surface area contributed by atoms with E-state index in [9.17, 15) is 0 Å². The Morgan fingerprint density at radius 2 is 2.25 bits per heavy atom. The molecule has 0 saturated carbocycles. The number of nitrogens with zero attached hydrogens (tertiary/aromatic N) is 1. The molecular formula is C2H4N2. The fraction of sp³-hybridized carbons (Fsp3) is 0.500. The SMILES string of the molecule is CC1=NN1. The normalized spacial score (nSPS) is 17.8. The van der Waals surface area contributed by atoms with Crippen molar-refractivity contribution in [2.75, 3.05) is 0 Å². The highest BCUT2D eigenvalue weighted by atomic mass is 15.5. The standard InChI is InChI=1S/C2H4N2/c1-2-3-4-2/h1H3,(H,3,4). The molecule has 4 heavy (non-hydrogen) atoms. The first-order valence-corrected chi connectivity index (χ1v) is 1.20. The van der Waals surface area contributed by atoms with Crippen LogP contribution in [0.3, 0.4) is 0 Å². The van der Waals surface area contributed by atoms with Crippen molar-refractivity contribution in [1.29, 1.82) is 0 Å². The Hall–Kier alpha value is -0.530. The van der Waals surface area contributed by atoms with Crippen LogP contribution in [0.5, 0.6) is 0 Å². The van der Waals surface area contributed by atoms with Crippen LogP contribution >= 0.6 is 0 Å². The van der Waals surface area contributed by atoms with Gasteiger partial charge in [-0.3, -0.25) is 5.43 Å². The molecule has 2 nitrogen and oxygen atoms in total.